The summed E-state index contributed by atoms with van der Waals surface area (Å²) in [6, 6.07) is 20.4. The number of rotatable bonds is 13. The molecular weight excluding hydrogens is 670 g/mol. The molecule has 264 valence electrons. The minimum absolute atomic E-state index is 0.0127. The van der Waals surface area contributed by atoms with Crippen LogP contribution in [0.25, 0.3) is 21.9 Å². The van der Waals surface area contributed by atoms with Gasteiger partial charge in [0.2, 0.25) is 11.8 Å². The first-order chi connectivity index (χ1) is 23.9. The van der Waals surface area contributed by atoms with Crippen LogP contribution in [0.4, 0.5) is 10.3 Å². The molecule has 4 N–H and O–H groups in total. The number of nitrogens with zero attached hydrogens (tertiary/aromatic N) is 4. The van der Waals surface area contributed by atoms with Crippen LogP contribution in [0.5, 0.6) is 11.6 Å². The van der Waals surface area contributed by atoms with Crippen molar-refractivity contribution in [3.8, 4) is 11.6 Å². The summed E-state index contributed by atoms with van der Waals surface area (Å²) in [5.74, 6) is -0.982. The average molecular weight is 709 g/mol. The van der Waals surface area contributed by atoms with Crippen LogP contribution in [0.2, 0.25) is 0 Å². The minimum atomic E-state index is -4.51. The molecule has 0 radical (unpaired) electrons. The highest BCUT2D eigenvalue weighted by molar-refractivity contribution is 7.52. The standard InChI is InChI=1S/C34H38FN6O8P/c1-20(2)26(31(42)46-17-21-11-6-5-7-12-21)40-50(44,49-24-16-10-14-22-13-8-9-15-23(22)24)47-18-25-28(35)34(3,43)32(48-25)41-19-37-27-29(41)38-33(36)39-30(27)45-4/h5-16,19-20,25-26,28,32,43H,17-18H2,1-4H3,(H,40,44)(H2,36,38,39)/t25-,26+,28-,32?,34-,50?/m1/s1. The molecule has 14 nitrogen and oxygen atoms in total. The third-order valence-corrected chi connectivity index (χ3v) is 9.88. The molecule has 0 spiro atoms. The normalized spacial score (nSPS) is 22.4. The van der Waals surface area contributed by atoms with Gasteiger partial charge in [-0.05, 0) is 29.9 Å². The van der Waals surface area contributed by atoms with Gasteiger partial charge in [0.05, 0.1) is 20.0 Å². The van der Waals surface area contributed by atoms with Gasteiger partial charge in [-0.2, -0.15) is 15.1 Å². The molecule has 16 heteroatoms. The zero-order valence-corrected chi connectivity index (χ0v) is 28.7. The molecule has 0 amide bonds. The molecule has 1 fully saturated rings. The van der Waals surface area contributed by atoms with E-state index in [1.165, 1.54) is 24.9 Å². The highest BCUT2D eigenvalue weighted by atomic mass is 31.2. The number of aromatic nitrogens is 4. The van der Waals surface area contributed by atoms with Crippen LogP contribution in [-0.4, -0.2) is 68.2 Å². The Morgan fingerprint density at radius 1 is 1.12 bits per heavy atom. The number of nitrogen functional groups attached to an aromatic ring is 1. The number of anilines is 1. The fraction of sp³-hybridized carbons (Fsp3) is 0.353. The van der Waals surface area contributed by atoms with E-state index >= 15 is 4.39 Å². The van der Waals surface area contributed by atoms with Gasteiger partial charge in [-0.15, -0.1) is 0 Å². The van der Waals surface area contributed by atoms with Crippen molar-refractivity contribution in [1.29, 1.82) is 0 Å². The number of hydrogen-bond donors (Lipinski definition) is 3. The van der Waals surface area contributed by atoms with Crippen LogP contribution in [0.15, 0.2) is 79.1 Å². The van der Waals surface area contributed by atoms with E-state index < -0.39 is 56.4 Å². The van der Waals surface area contributed by atoms with Crippen LogP contribution in [0.3, 0.4) is 0 Å². The van der Waals surface area contributed by atoms with Gasteiger partial charge >= 0.3 is 13.7 Å². The van der Waals surface area contributed by atoms with Crippen molar-refractivity contribution in [2.45, 2.75) is 57.5 Å². The van der Waals surface area contributed by atoms with Crippen LogP contribution >= 0.6 is 7.75 Å². The van der Waals surface area contributed by atoms with Crippen LogP contribution in [0, 0.1) is 5.92 Å². The topological polar surface area (TPSA) is 182 Å². The number of carbonyl (C=O) groups is 1. The first kappa shape index (κ1) is 35.2. The number of halogens is 1. The lowest BCUT2D eigenvalue weighted by atomic mass is 9.98. The number of nitrogens with one attached hydrogen (secondary N) is 1. The lowest BCUT2D eigenvalue weighted by Crippen LogP contribution is -2.43. The molecule has 2 unspecified atom stereocenters. The van der Waals surface area contributed by atoms with Crippen LogP contribution in [-0.2, 0) is 30.0 Å². The van der Waals surface area contributed by atoms with Crippen molar-refractivity contribution >= 4 is 41.6 Å². The maximum absolute atomic E-state index is 16.0. The second-order valence-electron chi connectivity index (χ2n) is 12.4. The number of hydrogen-bond acceptors (Lipinski definition) is 12. The number of alkyl halides is 1. The summed E-state index contributed by atoms with van der Waals surface area (Å²) in [5, 5.41) is 15.5. The smallest absolute Gasteiger partial charge is 0.459 e. The Bertz CT molecular complexity index is 2020. The summed E-state index contributed by atoms with van der Waals surface area (Å²) in [7, 11) is -3.13. The molecule has 0 saturated carbocycles. The number of ether oxygens (including phenoxy) is 3. The van der Waals surface area contributed by atoms with Gasteiger partial charge < -0.3 is 29.6 Å². The van der Waals surface area contributed by atoms with Gasteiger partial charge in [0.25, 0.3) is 0 Å². The van der Waals surface area contributed by atoms with E-state index in [9.17, 15) is 14.5 Å². The lowest BCUT2D eigenvalue weighted by Gasteiger charge is -2.28. The molecule has 1 aliphatic heterocycles. The second-order valence-corrected chi connectivity index (χ2v) is 14.1. The number of carbonyl (C=O) groups excluding carboxylic acids is 1. The zero-order valence-electron chi connectivity index (χ0n) is 27.8. The Morgan fingerprint density at radius 2 is 1.84 bits per heavy atom. The van der Waals surface area contributed by atoms with Crippen molar-refractivity contribution in [1.82, 2.24) is 24.6 Å². The van der Waals surface area contributed by atoms with E-state index in [4.69, 9.17) is 29.0 Å². The van der Waals surface area contributed by atoms with Gasteiger partial charge in [0.15, 0.2) is 23.6 Å². The number of aliphatic hydroxyl groups is 1. The fourth-order valence-electron chi connectivity index (χ4n) is 5.71. The van der Waals surface area contributed by atoms with Crippen molar-refractivity contribution in [3.05, 3.63) is 84.7 Å². The molecule has 0 bridgehead atoms. The minimum Gasteiger partial charge on any atom is -0.479 e. The summed E-state index contributed by atoms with van der Waals surface area (Å²) in [6.07, 6.45) is -3.57. The van der Waals surface area contributed by atoms with E-state index in [0.29, 0.717) is 5.39 Å². The number of esters is 1. The number of fused-ring (bicyclic) bond motifs is 2. The molecule has 2 aromatic heterocycles. The summed E-state index contributed by atoms with van der Waals surface area (Å²) in [5.41, 5.74) is 4.83. The molecule has 50 heavy (non-hydrogen) atoms. The molecule has 3 aromatic carbocycles. The molecule has 0 aliphatic carbocycles. The average Bonchev–Trinajstić information content (AvgIpc) is 3.62. The van der Waals surface area contributed by atoms with Gasteiger partial charge in [-0.25, -0.2) is 13.9 Å². The Labute approximate surface area is 287 Å². The van der Waals surface area contributed by atoms with E-state index in [1.807, 2.05) is 48.5 Å². The molecule has 1 saturated heterocycles. The largest absolute Gasteiger partial charge is 0.479 e. The van der Waals surface area contributed by atoms with Gasteiger partial charge in [-0.3, -0.25) is 13.9 Å². The first-order valence-electron chi connectivity index (χ1n) is 15.9. The van der Waals surface area contributed by atoms with E-state index in [2.05, 4.69) is 20.0 Å². The molecule has 6 rings (SSSR count). The van der Waals surface area contributed by atoms with Crippen molar-refractivity contribution in [2.24, 2.45) is 5.92 Å². The number of benzene rings is 3. The Morgan fingerprint density at radius 3 is 2.58 bits per heavy atom. The lowest BCUT2D eigenvalue weighted by molar-refractivity contribution is -0.148. The van der Waals surface area contributed by atoms with Gasteiger partial charge in [-0.1, -0.05) is 80.6 Å². The van der Waals surface area contributed by atoms with Crippen molar-refractivity contribution in [2.75, 3.05) is 19.5 Å². The summed E-state index contributed by atoms with van der Waals surface area (Å²) >= 11 is 0. The molecule has 6 atom stereocenters. The summed E-state index contributed by atoms with van der Waals surface area (Å²) in [4.78, 5) is 25.8. The zero-order chi connectivity index (χ0) is 35.6. The van der Waals surface area contributed by atoms with Crippen molar-refractivity contribution < 1.29 is 42.1 Å². The summed E-state index contributed by atoms with van der Waals surface area (Å²) < 4.78 is 60.8. The molecular formula is C34H38FN6O8P. The Hall–Kier alpha value is -4.66. The van der Waals surface area contributed by atoms with Crippen LogP contribution < -0.4 is 20.1 Å². The molecule has 3 heterocycles. The quantitative estimate of drug-likeness (QED) is 0.108. The van der Waals surface area contributed by atoms with Crippen LogP contribution in [0.1, 0.15) is 32.6 Å². The third kappa shape index (κ3) is 7.14. The predicted molar refractivity (Wildman–Crippen MR) is 182 cm³/mol. The maximum Gasteiger partial charge on any atom is 0.459 e. The van der Waals surface area contributed by atoms with Crippen molar-refractivity contribution in [3.63, 3.8) is 0 Å². The monoisotopic (exact) mass is 708 g/mol. The van der Waals surface area contributed by atoms with E-state index in [1.54, 1.807) is 38.1 Å². The van der Waals surface area contributed by atoms with Gasteiger partial charge in [0, 0.05) is 5.39 Å². The second kappa shape index (κ2) is 14.3. The number of methoxy groups -OCH3 is 1. The Balaban J connectivity index is 1.27. The van der Waals surface area contributed by atoms with E-state index in [0.717, 1.165) is 10.9 Å². The van der Waals surface area contributed by atoms with Gasteiger partial charge in [0.1, 0.15) is 30.1 Å². The highest BCUT2D eigenvalue weighted by Crippen LogP contribution is 2.49. The SMILES string of the molecule is COc1nc(N)nc2c1ncn2C1O[C@H](COP(=O)(N[C@H](C(=O)OCc2ccccc2)C(C)C)Oc2cccc3ccccc23)[C@@H](F)[C@@]1(C)O. The third-order valence-electron chi connectivity index (χ3n) is 8.36. The molecule has 5 aromatic rings. The fourth-order valence-corrected chi connectivity index (χ4v) is 7.39. The number of imidazole rings is 1. The maximum atomic E-state index is 16.0. The summed E-state index contributed by atoms with van der Waals surface area (Å²) in [6.45, 7) is 4.06. The first-order valence-corrected chi connectivity index (χ1v) is 17.4. The Kier molecular flexibility index (Phi) is 10.1. The number of nitrogens with two attached hydrogens (primary N) is 1. The van der Waals surface area contributed by atoms with E-state index in [-0.39, 0.29) is 35.3 Å². The molecule has 1 aliphatic rings. The highest BCUT2D eigenvalue weighted by Gasteiger charge is 2.55. The predicted octanol–water partition coefficient (Wildman–Crippen LogP) is 5.12.